The van der Waals surface area contributed by atoms with Crippen molar-refractivity contribution in [3.8, 4) is 22.5 Å². The van der Waals surface area contributed by atoms with Crippen LogP contribution in [0.1, 0.15) is 12.5 Å². The summed E-state index contributed by atoms with van der Waals surface area (Å²) in [5.41, 5.74) is 11.7. The summed E-state index contributed by atoms with van der Waals surface area (Å²) >= 11 is 0. The van der Waals surface area contributed by atoms with Crippen molar-refractivity contribution in [3.05, 3.63) is 66.5 Å². The molecule has 0 amide bonds. The van der Waals surface area contributed by atoms with Gasteiger partial charge in [-0.05, 0) is 24.1 Å². The van der Waals surface area contributed by atoms with Crippen molar-refractivity contribution in [2.75, 3.05) is 5.73 Å². The van der Waals surface area contributed by atoms with Crippen LogP contribution in [0.25, 0.3) is 22.5 Å². The molecule has 0 aliphatic rings. The highest BCUT2D eigenvalue weighted by atomic mass is 14.8. The van der Waals surface area contributed by atoms with E-state index in [1.807, 2.05) is 24.3 Å². The summed E-state index contributed by atoms with van der Waals surface area (Å²) in [6.07, 6.45) is 4.48. The lowest BCUT2D eigenvalue weighted by atomic mass is 10.0. The maximum Gasteiger partial charge on any atom is 0.0965 e. The molecule has 0 unspecified atom stereocenters. The minimum Gasteiger partial charge on any atom is -0.399 e. The van der Waals surface area contributed by atoms with Crippen LogP contribution in [0.2, 0.25) is 0 Å². The minimum absolute atomic E-state index is 0.747. The zero-order chi connectivity index (χ0) is 14.7. The Bertz CT molecular complexity index is 731. The van der Waals surface area contributed by atoms with E-state index in [1.165, 1.54) is 5.56 Å². The molecule has 3 heteroatoms. The molecule has 3 rings (SSSR count). The molecule has 1 heterocycles. The second-order valence-corrected chi connectivity index (χ2v) is 4.93. The summed E-state index contributed by atoms with van der Waals surface area (Å²) in [4.78, 5) is 9.00. The van der Waals surface area contributed by atoms with Crippen LogP contribution in [0.4, 0.5) is 5.69 Å². The Morgan fingerprint density at radius 2 is 1.24 bits per heavy atom. The Morgan fingerprint density at radius 1 is 0.762 bits per heavy atom. The second-order valence-electron chi connectivity index (χ2n) is 4.93. The lowest BCUT2D eigenvalue weighted by Crippen LogP contribution is -1.93. The molecule has 3 nitrogen and oxygen atoms in total. The molecule has 21 heavy (non-hydrogen) atoms. The van der Waals surface area contributed by atoms with E-state index >= 15 is 0 Å². The van der Waals surface area contributed by atoms with Gasteiger partial charge in [-0.1, -0.05) is 43.3 Å². The Kier molecular flexibility index (Phi) is 3.65. The van der Waals surface area contributed by atoms with E-state index in [2.05, 4.69) is 41.2 Å². The maximum atomic E-state index is 5.75. The summed E-state index contributed by atoms with van der Waals surface area (Å²) in [6, 6.07) is 16.2. The predicted octanol–water partition coefficient (Wildman–Crippen LogP) is 3.96. The molecule has 104 valence electrons. The van der Waals surface area contributed by atoms with Crippen molar-refractivity contribution in [3.63, 3.8) is 0 Å². The normalized spacial score (nSPS) is 10.5. The number of nitrogens with two attached hydrogens (primary N) is 1. The fourth-order valence-electron chi connectivity index (χ4n) is 2.30. The van der Waals surface area contributed by atoms with Crippen LogP contribution < -0.4 is 5.73 Å². The standard InChI is InChI=1S/C18H17N3/c1-2-13-3-5-14(6-4-13)17-18(21-12-11-20-17)15-7-9-16(19)10-8-15/h3-12H,2,19H2,1H3. The predicted molar refractivity (Wildman–Crippen MR) is 86.7 cm³/mol. The lowest BCUT2D eigenvalue weighted by molar-refractivity contribution is 1.14. The van der Waals surface area contributed by atoms with E-state index in [9.17, 15) is 0 Å². The van der Waals surface area contributed by atoms with Crippen LogP contribution in [0.15, 0.2) is 60.9 Å². The van der Waals surface area contributed by atoms with Gasteiger partial charge in [0.15, 0.2) is 0 Å². The lowest BCUT2D eigenvalue weighted by Gasteiger charge is -2.08. The highest BCUT2D eigenvalue weighted by molar-refractivity contribution is 5.78. The molecule has 0 aliphatic heterocycles. The van der Waals surface area contributed by atoms with Crippen LogP contribution in [-0.2, 0) is 6.42 Å². The monoisotopic (exact) mass is 275 g/mol. The number of anilines is 1. The van der Waals surface area contributed by atoms with Crippen molar-refractivity contribution in [2.45, 2.75) is 13.3 Å². The minimum atomic E-state index is 0.747. The summed E-state index contributed by atoms with van der Waals surface area (Å²) in [5, 5.41) is 0. The van der Waals surface area contributed by atoms with Gasteiger partial charge in [0.25, 0.3) is 0 Å². The van der Waals surface area contributed by atoms with Gasteiger partial charge in [-0.2, -0.15) is 0 Å². The molecule has 0 atom stereocenters. The third-order valence-electron chi connectivity index (χ3n) is 3.52. The first-order valence-corrected chi connectivity index (χ1v) is 7.04. The zero-order valence-corrected chi connectivity index (χ0v) is 12.0. The van der Waals surface area contributed by atoms with E-state index < -0.39 is 0 Å². The van der Waals surface area contributed by atoms with Gasteiger partial charge in [0.2, 0.25) is 0 Å². The van der Waals surface area contributed by atoms with E-state index in [-0.39, 0.29) is 0 Å². The van der Waals surface area contributed by atoms with Crippen LogP contribution in [0.3, 0.4) is 0 Å². The Balaban J connectivity index is 2.08. The topological polar surface area (TPSA) is 51.8 Å². The summed E-state index contributed by atoms with van der Waals surface area (Å²) < 4.78 is 0. The van der Waals surface area contributed by atoms with Gasteiger partial charge >= 0.3 is 0 Å². The average Bonchev–Trinajstić information content (AvgIpc) is 2.56. The van der Waals surface area contributed by atoms with Gasteiger partial charge in [0, 0.05) is 29.2 Å². The Morgan fingerprint density at radius 3 is 1.71 bits per heavy atom. The molecule has 3 aromatic rings. The van der Waals surface area contributed by atoms with Crippen LogP contribution >= 0.6 is 0 Å². The third kappa shape index (κ3) is 2.77. The van der Waals surface area contributed by atoms with Gasteiger partial charge < -0.3 is 5.73 Å². The number of rotatable bonds is 3. The first-order valence-electron chi connectivity index (χ1n) is 7.04. The molecule has 0 aliphatic carbocycles. The van der Waals surface area contributed by atoms with Gasteiger partial charge in [-0.3, -0.25) is 9.97 Å². The van der Waals surface area contributed by atoms with E-state index in [1.54, 1.807) is 12.4 Å². The summed E-state index contributed by atoms with van der Waals surface area (Å²) in [6.45, 7) is 2.15. The molecule has 0 bridgehead atoms. The molecule has 0 saturated heterocycles. The van der Waals surface area contributed by atoms with Crippen molar-refractivity contribution >= 4 is 5.69 Å². The van der Waals surface area contributed by atoms with E-state index in [0.29, 0.717) is 0 Å². The smallest absolute Gasteiger partial charge is 0.0965 e. The molecular weight excluding hydrogens is 258 g/mol. The average molecular weight is 275 g/mol. The molecule has 2 aromatic carbocycles. The Labute approximate surface area is 124 Å². The van der Waals surface area contributed by atoms with E-state index in [0.717, 1.165) is 34.6 Å². The number of nitrogens with zero attached hydrogens (tertiary/aromatic N) is 2. The zero-order valence-electron chi connectivity index (χ0n) is 12.0. The summed E-state index contributed by atoms with van der Waals surface area (Å²) in [7, 11) is 0. The third-order valence-corrected chi connectivity index (χ3v) is 3.52. The fourth-order valence-corrected chi connectivity index (χ4v) is 2.30. The summed E-state index contributed by atoms with van der Waals surface area (Å²) in [5.74, 6) is 0. The number of aryl methyl sites for hydroxylation is 1. The highest BCUT2D eigenvalue weighted by Gasteiger charge is 2.09. The molecule has 0 radical (unpaired) electrons. The second kappa shape index (κ2) is 5.75. The fraction of sp³-hybridized carbons (Fsp3) is 0.111. The quantitative estimate of drug-likeness (QED) is 0.736. The molecule has 0 saturated carbocycles. The van der Waals surface area contributed by atoms with Gasteiger partial charge in [-0.25, -0.2) is 0 Å². The van der Waals surface area contributed by atoms with Crippen LogP contribution in [-0.4, -0.2) is 9.97 Å². The van der Waals surface area contributed by atoms with Crippen molar-refractivity contribution in [1.82, 2.24) is 9.97 Å². The van der Waals surface area contributed by atoms with Gasteiger partial charge in [-0.15, -0.1) is 0 Å². The van der Waals surface area contributed by atoms with Crippen molar-refractivity contribution in [2.24, 2.45) is 0 Å². The number of nitrogen functional groups attached to an aromatic ring is 1. The van der Waals surface area contributed by atoms with Crippen LogP contribution in [0, 0.1) is 0 Å². The number of hydrogen-bond donors (Lipinski definition) is 1. The van der Waals surface area contributed by atoms with Crippen LogP contribution in [0.5, 0.6) is 0 Å². The number of hydrogen-bond acceptors (Lipinski definition) is 3. The van der Waals surface area contributed by atoms with E-state index in [4.69, 9.17) is 5.73 Å². The number of aromatic nitrogens is 2. The first kappa shape index (κ1) is 13.3. The SMILES string of the molecule is CCc1ccc(-c2nccnc2-c2ccc(N)cc2)cc1. The highest BCUT2D eigenvalue weighted by Crippen LogP contribution is 2.28. The van der Waals surface area contributed by atoms with Gasteiger partial charge in [0.05, 0.1) is 11.4 Å². The van der Waals surface area contributed by atoms with Gasteiger partial charge in [0.1, 0.15) is 0 Å². The molecule has 1 aromatic heterocycles. The Hall–Kier alpha value is -2.68. The number of benzene rings is 2. The largest absolute Gasteiger partial charge is 0.399 e. The van der Waals surface area contributed by atoms with Crippen molar-refractivity contribution < 1.29 is 0 Å². The van der Waals surface area contributed by atoms with Crippen molar-refractivity contribution in [1.29, 1.82) is 0 Å². The maximum absolute atomic E-state index is 5.75. The first-order chi connectivity index (χ1) is 10.3. The molecular formula is C18H17N3. The molecule has 2 N–H and O–H groups in total. The molecule has 0 spiro atoms. The molecule has 0 fully saturated rings.